The Kier molecular flexibility index (Phi) is 5.83. The van der Waals surface area contributed by atoms with E-state index in [2.05, 4.69) is 0 Å². The van der Waals surface area contributed by atoms with Crippen LogP contribution in [0.3, 0.4) is 0 Å². The SMILES string of the molecule is COc1ccccc1CN(C)C(=O)CN(C)CC#N. The molecule has 0 saturated carbocycles. The van der Waals surface area contributed by atoms with Crippen molar-refractivity contribution in [3.8, 4) is 11.8 Å². The fraction of sp³-hybridized carbons (Fsp3) is 0.429. The minimum atomic E-state index is -0.0244. The summed E-state index contributed by atoms with van der Waals surface area (Å²) in [6.07, 6.45) is 0. The average molecular weight is 261 g/mol. The summed E-state index contributed by atoms with van der Waals surface area (Å²) in [6, 6.07) is 9.63. The number of rotatable bonds is 6. The van der Waals surface area contributed by atoms with Crippen molar-refractivity contribution in [1.29, 1.82) is 5.26 Å². The highest BCUT2D eigenvalue weighted by Gasteiger charge is 2.13. The molecule has 19 heavy (non-hydrogen) atoms. The summed E-state index contributed by atoms with van der Waals surface area (Å²) in [5, 5.41) is 8.56. The lowest BCUT2D eigenvalue weighted by Gasteiger charge is -2.21. The molecule has 1 aromatic rings. The second-order valence-corrected chi connectivity index (χ2v) is 4.39. The van der Waals surface area contributed by atoms with Crippen molar-refractivity contribution in [3.05, 3.63) is 29.8 Å². The summed E-state index contributed by atoms with van der Waals surface area (Å²) in [5.41, 5.74) is 0.962. The van der Waals surface area contributed by atoms with Crippen LogP contribution in [0, 0.1) is 11.3 Å². The molecule has 1 aromatic carbocycles. The van der Waals surface area contributed by atoms with Crippen LogP contribution >= 0.6 is 0 Å². The Bertz CT molecular complexity index is 468. The number of nitrogens with zero attached hydrogens (tertiary/aromatic N) is 3. The second kappa shape index (κ2) is 7.39. The van der Waals surface area contributed by atoms with Crippen molar-refractivity contribution in [2.45, 2.75) is 6.54 Å². The third kappa shape index (κ3) is 4.60. The molecule has 0 fully saturated rings. The van der Waals surface area contributed by atoms with E-state index < -0.39 is 0 Å². The first-order valence-electron chi connectivity index (χ1n) is 5.99. The van der Waals surface area contributed by atoms with Gasteiger partial charge in [-0.2, -0.15) is 5.26 Å². The van der Waals surface area contributed by atoms with Gasteiger partial charge in [-0.15, -0.1) is 0 Å². The number of likely N-dealkylation sites (N-methyl/N-ethyl adjacent to an activating group) is 2. The van der Waals surface area contributed by atoms with Gasteiger partial charge in [0.05, 0.1) is 26.3 Å². The Morgan fingerprint density at radius 1 is 1.37 bits per heavy atom. The number of hydrogen-bond acceptors (Lipinski definition) is 4. The largest absolute Gasteiger partial charge is 0.496 e. The minimum absolute atomic E-state index is 0.0244. The van der Waals surface area contributed by atoms with E-state index in [1.807, 2.05) is 30.3 Å². The molecule has 1 amide bonds. The molecule has 0 aliphatic carbocycles. The molecule has 102 valence electrons. The van der Waals surface area contributed by atoms with Gasteiger partial charge >= 0.3 is 0 Å². The van der Waals surface area contributed by atoms with Gasteiger partial charge in [0.1, 0.15) is 5.75 Å². The third-order valence-electron chi connectivity index (χ3n) is 2.77. The maximum Gasteiger partial charge on any atom is 0.236 e. The minimum Gasteiger partial charge on any atom is -0.496 e. The molecule has 5 heteroatoms. The van der Waals surface area contributed by atoms with E-state index in [0.29, 0.717) is 6.54 Å². The molecular formula is C14H19N3O2. The number of carbonyl (C=O) groups excluding carboxylic acids is 1. The maximum absolute atomic E-state index is 12.0. The van der Waals surface area contributed by atoms with Crippen LogP contribution in [0.15, 0.2) is 24.3 Å². The van der Waals surface area contributed by atoms with Crippen LogP contribution < -0.4 is 4.74 Å². The molecule has 0 aromatic heterocycles. The van der Waals surface area contributed by atoms with E-state index in [1.54, 1.807) is 31.0 Å². The van der Waals surface area contributed by atoms with Crippen LogP contribution in [0.5, 0.6) is 5.75 Å². The average Bonchev–Trinajstić information content (AvgIpc) is 2.39. The molecule has 0 unspecified atom stereocenters. The number of para-hydroxylation sites is 1. The molecule has 0 saturated heterocycles. The zero-order valence-corrected chi connectivity index (χ0v) is 11.6. The van der Waals surface area contributed by atoms with Gasteiger partial charge in [0.25, 0.3) is 0 Å². The van der Waals surface area contributed by atoms with Crippen LogP contribution in [0.4, 0.5) is 0 Å². The van der Waals surface area contributed by atoms with E-state index in [0.717, 1.165) is 11.3 Å². The molecule has 0 N–H and O–H groups in total. The first-order chi connectivity index (χ1) is 9.08. The van der Waals surface area contributed by atoms with Gasteiger partial charge in [0.15, 0.2) is 0 Å². The van der Waals surface area contributed by atoms with Gasteiger partial charge in [-0.25, -0.2) is 0 Å². The second-order valence-electron chi connectivity index (χ2n) is 4.39. The van der Waals surface area contributed by atoms with E-state index >= 15 is 0 Å². The van der Waals surface area contributed by atoms with Crippen molar-refractivity contribution >= 4 is 5.91 Å². The Balaban J connectivity index is 2.61. The number of benzene rings is 1. The lowest BCUT2D eigenvalue weighted by molar-refractivity contribution is -0.131. The first-order valence-corrected chi connectivity index (χ1v) is 5.99. The number of amides is 1. The molecule has 0 radical (unpaired) electrons. The summed E-state index contributed by atoms with van der Waals surface area (Å²) in [6.45, 7) is 0.969. The fourth-order valence-corrected chi connectivity index (χ4v) is 1.71. The quantitative estimate of drug-likeness (QED) is 0.720. The normalized spacial score (nSPS) is 10.1. The first kappa shape index (κ1) is 15.0. The van der Waals surface area contributed by atoms with E-state index in [4.69, 9.17) is 10.00 Å². The predicted molar refractivity (Wildman–Crippen MR) is 72.6 cm³/mol. The van der Waals surface area contributed by atoms with E-state index in [1.165, 1.54) is 0 Å². The Morgan fingerprint density at radius 2 is 2.05 bits per heavy atom. The van der Waals surface area contributed by atoms with Crippen molar-refractivity contribution in [2.24, 2.45) is 0 Å². The summed E-state index contributed by atoms with van der Waals surface area (Å²) in [5.74, 6) is 0.746. The van der Waals surface area contributed by atoms with Gasteiger partial charge in [0, 0.05) is 19.2 Å². The number of carbonyl (C=O) groups is 1. The van der Waals surface area contributed by atoms with Crippen LogP contribution in [0.25, 0.3) is 0 Å². The highest BCUT2D eigenvalue weighted by molar-refractivity contribution is 5.78. The summed E-state index contributed by atoms with van der Waals surface area (Å²) in [7, 11) is 5.11. The van der Waals surface area contributed by atoms with Gasteiger partial charge < -0.3 is 9.64 Å². The van der Waals surface area contributed by atoms with Gasteiger partial charge in [-0.3, -0.25) is 9.69 Å². The Morgan fingerprint density at radius 3 is 2.68 bits per heavy atom. The Hall–Kier alpha value is -2.06. The molecule has 0 atom stereocenters. The number of methoxy groups -OCH3 is 1. The molecule has 0 aliphatic rings. The smallest absolute Gasteiger partial charge is 0.236 e. The van der Waals surface area contributed by atoms with Gasteiger partial charge in [-0.05, 0) is 13.1 Å². The molecule has 1 rings (SSSR count). The molecule has 0 aliphatic heterocycles. The maximum atomic E-state index is 12.0. The zero-order chi connectivity index (χ0) is 14.3. The van der Waals surface area contributed by atoms with Crippen molar-refractivity contribution in [1.82, 2.24) is 9.80 Å². The number of hydrogen-bond donors (Lipinski definition) is 0. The fourth-order valence-electron chi connectivity index (χ4n) is 1.71. The molecule has 0 spiro atoms. The lowest BCUT2D eigenvalue weighted by Crippen LogP contribution is -2.36. The number of ether oxygens (including phenoxy) is 1. The predicted octanol–water partition coefficient (Wildman–Crippen LogP) is 1.11. The van der Waals surface area contributed by atoms with E-state index in [9.17, 15) is 4.79 Å². The summed E-state index contributed by atoms with van der Waals surface area (Å²) in [4.78, 5) is 15.3. The van der Waals surface area contributed by atoms with Crippen LogP contribution in [-0.4, -0.2) is 50.0 Å². The van der Waals surface area contributed by atoms with Crippen molar-refractivity contribution in [2.75, 3.05) is 34.3 Å². The summed E-state index contributed by atoms with van der Waals surface area (Å²) >= 11 is 0. The molecular weight excluding hydrogens is 242 g/mol. The van der Waals surface area contributed by atoms with E-state index in [-0.39, 0.29) is 19.0 Å². The molecule has 5 nitrogen and oxygen atoms in total. The molecule has 0 bridgehead atoms. The summed E-state index contributed by atoms with van der Waals surface area (Å²) < 4.78 is 5.25. The highest BCUT2D eigenvalue weighted by atomic mass is 16.5. The monoisotopic (exact) mass is 261 g/mol. The topological polar surface area (TPSA) is 56.6 Å². The van der Waals surface area contributed by atoms with Crippen LogP contribution in [0.2, 0.25) is 0 Å². The van der Waals surface area contributed by atoms with Gasteiger partial charge in [0.2, 0.25) is 5.91 Å². The standard InChI is InChI=1S/C14H19N3O2/c1-16(9-8-15)11-14(18)17(2)10-12-6-4-5-7-13(12)19-3/h4-7H,9-11H2,1-3H3. The van der Waals surface area contributed by atoms with Crippen LogP contribution in [0.1, 0.15) is 5.56 Å². The van der Waals surface area contributed by atoms with Crippen molar-refractivity contribution < 1.29 is 9.53 Å². The van der Waals surface area contributed by atoms with Crippen LogP contribution in [-0.2, 0) is 11.3 Å². The highest BCUT2D eigenvalue weighted by Crippen LogP contribution is 2.18. The lowest BCUT2D eigenvalue weighted by atomic mass is 10.2. The zero-order valence-electron chi connectivity index (χ0n) is 11.6. The molecule has 0 heterocycles. The number of nitriles is 1. The Labute approximate surface area is 114 Å². The third-order valence-corrected chi connectivity index (χ3v) is 2.77. The van der Waals surface area contributed by atoms with Gasteiger partial charge in [-0.1, -0.05) is 18.2 Å². The van der Waals surface area contributed by atoms with Crippen molar-refractivity contribution in [3.63, 3.8) is 0 Å².